The number of ether oxygens (including phenoxy) is 1. The number of carbonyl (C=O) groups excluding carboxylic acids is 1. The number of carbonyl (C=O) groups is 1. The summed E-state index contributed by atoms with van der Waals surface area (Å²) in [6, 6.07) is 6.03. The normalized spacial score (nSPS) is 14.6. The number of amides is 1. The molecular weight excluding hydrogens is 291 g/mol. The number of nitrogens with one attached hydrogen (secondary N) is 1. The largest absolute Gasteiger partial charge is 0.478 e. The van der Waals surface area contributed by atoms with Gasteiger partial charge in [-0.15, -0.1) is 11.3 Å². The first kappa shape index (κ1) is 14.0. The summed E-state index contributed by atoms with van der Waals surface area (Å²) in [7, 11) is 0. The molecule has 6 heteroatoms. The minimum atomic E-state index is -0.791. The highest BCUT2D eigenvalue weighted by molar-refractivity contribution is 7.15. The van der Waals surface area contributed by atoms with Gasteiger partial charge in [0.05, 0.1) is 5.69 Å². The summed E-state index contributed by atoms with van der Waals surface area (Å²) < 4.78 is 18.8. The van der Waals surface area contributed by atoms with Crippen molar-refractivity contribution in [3.8, 4) is 5.75 Å². The van der Waals surface area contributed by atoms with Gasteiger partial charge in [-0.05, 0) is 38.3 Å². The zero-order chi connectivity index (χ0) is 14.8. The van der Waals surface area contributed by atoms with E-state index in [0.717, 1.165) is 25.0 Å². The molecule has 0 fully saturated rings. The Hall–Kier alpha value is -1.95. The first-order valence-electron chi connectivity index (χ1n) is 6.84. The number of thiazole rings is 1. The number of hydrogen-bond donors (Lipinski definition) is 1. The number of halogens is 1. The van der Waals surface area contributed by atoms with Crippen LogP contribution in [0.25, 0.3) is 0 Å². The van der Waals surface area contributed by atoms with E-state index in [1.807, 2.05) is 0 Å². The second kappa shape index (κ2) is 5.81. The molecule has 1 heterocycles. The summed E-state index contributed by atoms with van der Waals surface area (Å²) in [4.78, 5) is 17.7. The quantitative estimate of drug-likeness (QED) is 0.944. The Labute approximate surface area is 126 Å². The van der Waals surface area contributed by atoms with Crippen molar-refractivity contribution in [3.63, 3.8) is 0 Å². The summed E-state index contributed by atoms with van der Waals surface area (Å²) >= 11 is 1.50. The van der Waals surface area contributed by atoms with Gasteiger partial charge < -0.3 is 4.74 Å². The zero-order valence-corrected chi connectivity index (χ0v) is 12.4. The molecule has 1 aromatic heterocycles. The van der Waals surface area contributed by atoms with E-state index in [-0.39, 0.29) is 11.7 Å². The topological polar surface area (TPSA) is 51.2 Å². The minimum absolute atomic E-state index is 0.0711. The van der Waals surface area contributed by atoms with Crippen LogP contribution < -0.4 is 10.1 Å². The van der Waals surface area contributed by atoms with Gasteiger partial charge in [0, 0.05) is 4.88 Å². The summed E-state index contributed by atoms with van der Waals surface area (Å²) in [5, 5.41) is 3.32. The second-order valence-electron chi connectivity index (χ2n) is 4.92. The molecule has 1 aromatic carbocycles. The lowest BCUT2D eigenvalue weighted by atomic mass is 10.3. The van der Waals surface area contributed by atoms with Crippen LogP contribution in [0.1, 0.15) is 23.9 Å². The Balaban J connectivity index is 1.63. The number of benzene rings is 1. The molecule has 1 amide bonds. The maximum absolute atomic E-state index is 13.5. The predicted molar refractivity (Wildman–Crippen MR) is 79.3 cm³/mol. The summed E-state index contributed by atoms with van der Waals surface area (Å²) in [5.74, 6) is -0.738. The SMILES string of the molecule is CC(Oc1ccccc1F)C(=O)Nc1nc2c(s1)CCC2. The van der Waals surface area contributed by atoms with Gasteiger partial charge in [-0.1, -0.05) is 12.1 Å². The summed E-state index contributed by atoms with van der Waals surface area (Å²) in [6.45, 7) is 1.59. The van der Waals surface area contributed by atoms with E-state index in [1.54, 1.807) is 19.1 Å². The van der Waals surface area contributed by atoms with Crippen LogP contribution in [0.5, 0.6) is 5.75 Å². The van der Waals surface area contributed by atoms with Crippen LogP contribution in [0.2, 0.25) is 0 Å². The molecule has 0 bridgehead atoms. The molecule has 0 saturated carbocycles. The fraction of sp³-hybridized carbons (Fsp3) is 0.333. The molecule has 0 radical (unpaired) electrons. The van der Waals surface area contributed by atoms with Crippen molar-refractivity contribution >= 4 is 22.4 Å². The summed E-state index contributed by atoms with van der Waals surface area (Å²) in [5.41, 5.74) is 1.08. The lowest BCUT2D eigenvalue weighted by Crippen LogP contribution is -2.30. The Morgan fingerprint density at radius 2 is 2.24 bits per heavy atom. The third kappa shape index (κ3) is 3.05. The Bertz CT molecular complexity index is 650. The Morgan fingerprint density at radius 3 is 3.00 bits per heavy atom. The Kier molecular flexibility index (Phi) is 3.88. The second-order valence-corrected chi connectivity index (χ2v) is 6.01. The van der Waals surface area contributed by atoms with Gasteiger partial charge in [-0.3, -0.25) is 10.1 Å². The van der Waals surface area contributed by atoms with Gasteiger partial charge in [0.2, 0.25) is 0 Å². The van der Waals surface area contributed by atoms with E-state index in [2.05, 4.69) is 10.3 Å². The van der Waals surface area contributed by atoms with Crippen LogP contribution in [0.3, 0.4) is 0 Å². The van der Waals surface area contributed by atoms with Gasteiger partial charge >= 0.3 is 0 Å². The third-order valence-corrected chi connectivity index (χ3v) is 4.41. The van der Waals surface area contributed by atoms with Crippen molar-refractivity contribution in [2.24, 2.45) is 0 Å². The lowest BCUT2D eigenvalue weighted by molar-refractivity contribution is -0.122. The monoisotopic (exact) mass is 306 g/mol. The van der Waals surface area contributed by atoms with Crippen molar-refractivity contribution < 1.29 is 13.9 Å². The summed E-state index contributed by atoms with van der Waals surface area (Å²) in [6.07, 6.45) is 2.35. The van der Waals surface area contributed by atoms with Crippen molar-refractivity contribution in [3.05, 3.63) is 40.7 Å². The predicted octanol–water partition coefficient (Wildman–Crippen LogP) is 3.18. The molecular formula is C15H15FN2O2S. The van der Waals surface area contributed by atoms with Gasteiger partial charge in [0.1, 0.15) is 0 Å². The number of para-hydroxylation sites is 1. The molecule has 4 nitrogen and oxygen atoms in total. The van der Waals surface area contributed by atoms with Crippen molar-refractivity contribution in [2.75, 3.05) is 5.32 Å². The molecule has 1 atom stereocenters. The van der Waals surface area contributed by atoms with E-state index >= 15 is 0 Å². The van der Waals surface area contributed by atoms with Gasteiger partial charge in [0.15, 0.2) is 22.8 Å². The van der Waals surface area contributed by atoms with Crippen LogP contribution in [-0.4, -0.2) is 17.0 Å². The highest BCUT2D eigenvalue weighted by atomic mass is 32.1. The third-order valence-electron chi connectivity index (χ3n) is 3.34. The van der Waals surface area contributed by atoms with Crippen LogP contribution >= 0.6 is 11.3 Å². The lowest BCUT2D eigenvalue weighted by Gasteiger charge is -2.14. The first-order chi connectivity index (χ1) is 10.1. The molecule has 0 saturated heterocycles. The highest BCUT2D eigenvalue weighted by Crippen LogP contribution is 2.30. The molecule has 2 aromatic rings. The van der Waals surface area contributed by atoms with Gasteiger partial charge in [0.25, 0.3) is 5.91 Å². The molecule has 0 aliphatic heterocycles. The highest BCUT2D eigenvalue weighted by Gasteiger charge is 2.21. The molecule has 1 aliphatic carbocycles. The van der Waals surface area contributed by atoms with Crippen LogP contribution in [0.4, 0.5) is 9.52 Å². The minimum Gasteiger partial charge on any atom is -0.478 e. The average Bonchev–Trinajstić information content (AvgIpc) is 3.02. The van der Waals surface area contributed by atoms with E-state index in [9.17, 15) is 9.18 Å². The van der Waals surface area contributed by atoms with E-state index < -0.39 is 11.9 Å². The number of anilines is 1. The number of nitrogens with zero attached hydrogens (tertiary/aromatic N) is 1. The molecule has 1 unspecified atom stereocenters. The molecule has 110 valence electrons. The number of aromatic nitrogens is 1. The molecule has 1 aliphatic rings. The molecule has 0 spiro atoms. The van der Waals surface area contributed by atoms with E-state index in [0.29, 0.717) is 5.13 Å². The van der Waals surface area contributed by atoms with Gasteiger partial charge in [-0.25, -0.2) is 9.37 Å². The first-order valence-corrected chi connectivity index (χ1v) is 7.66. The fourth-order valence-corrected chi connectivity index (χ4v) is 3.29. The van der Waals surface area contributed by atoms with Crippen LogP contribution in [0.15, 0.2) is 24.3 Å². The van der Waals surface area contributed by atoms with Crippen LogP contribution in [0, 0.1) is 5.82 Å². The number of rotatable bonds is 4. The van der Waals surface area contributed by atoms with E-state index in [4.69, 9.17) is 4.74 Å². The maximum Gasteiger partial charge on any atom is 0.266 e. The molecule has 3 rings (SSSR count). The number of aryl methyl sites for hydroxylation is 2. The van der Waals surface area contributed by atoms with Crippen molar-refractivity contribution in [1.29, 1.82) is 0 Å². The molecule has 1 N–H and O–H groups in total. The number of hydrogen-bond acceptors (Lipinski definition) is 4. The van der Waals surface area contributed by atoms with Gasteiger partial charge in [-0.2, -0.15) is 0 Å². The van der Waals surface area contributed by atoms with E-state index in [1.165, 1.54) is 28.3 Å². The maximum atomic E-state index is 13.5. The zero-order valence-electron chi connectivity index (χ0n) is 11.6. The van der Waals surface area contributed by atoms with Crippen LogP contribution in [-0.2, 0) is 17.6 Å². The van der Waals surface area contributed by atoms with Crippen molar-refractivity contribution in [1.82, 2.24) is 4.98 Å². The number of fused-ring (bicyclic) bond motifs is 1. The average molecular weight is 306 g/mol. The smallest absolute Gasteiger partial charge is 0.266 e. The Morgan fingerprint density at radius 1 is 1.43 bits per heavy atom. The fourth-order valence-electron chi connectivity index (χ4n) is 2.24. The standard InChI is InChI=1S/C15H15FN2O2S/c1-9(20-12-7-3-2-5-10(12)16)14(19)18-15-17-11-6-4-8-13(11)21-15/h2-3,5,7,9H,4,6,8H2,1H3,(H,17,18,19). The molecule has 21 heavy (non-hydrogen) atoms. The van der Waals surface area contributed by atoms with Crippen molar-refractivity contribution in [2.45, 2.75) is 32.3 Å².